The van der Waals surface area contributed by atoms with Gasteiger partial charge >= 0.3 is 0 Å². The molecule has 0 aliphatic heterocycles. The van der Waals surface area contributed by atoms with Gasteiger partial charge in [-0.05, 0) is 24.6 Å². The predicted octanol–water partition coefficient (Wildman–Crippen LogP) is 3.36. The van der Waals surface area contributed by atoms with Crippen LogP contribution in [0.15, 0.2) is 47.8 Å². The maximum absolute atomic E-state index is 12.4. The number of hydrogen-bond acceptors (Lipinski definition) is 3. The Morgan fingerprint density at radius 3 is 2.44 bits per heavy atom. The van der Waals surface area contributed by atoms with E-state index >= 15 is 0 Å². The van der Waals surface area contributed by atoms with Gasteiger partial charge in [0, 0.05) is 17.7 Å². The zero-order valence-electron chi connectivity index (χ0n) is 9.94. The molecule has 0 aromatic heterocycles. The molecular weight excluding hydrogens is 240 g/mol. The molecule has 18 heavy (non-hydrogen) atoms. The fourth-order valence-corrected chi connectivity index (χ4v) is 1.17. The topological polar surface area (TPSA) is 61.2 Å². The first-order valence-corrected chi connectivity index (χ1v) is 5.18. The van der Waals surface area contributed by atoms with E-state index in [0.717, 1.165) is 6.26 Å². The Hall–Kier alpha value is -2.04. The molecule has 0 aromatic rings. The van der Waals surface area contributed by atoms with Crippen LogP contribution in [0.25, 0.3) is 0 Å². The molecule has 0 unspecified atom stereocenters. The summed E-state index contributed by atoms with van der Waals surface area (Å²) in [7, 11) is 0. The number of carbonyl (C=O) groups is 1. The Morgan fingerprint density at radius 1 is 1.33 bits per heavy atom. The summed E-state index contributed by atoms with van der Waals surface area (Å²) in [4.78, 5) is 10.8. The van der Waals surface area contributed by atoms with E-state index in [1.165, 1.54) is 37.3 Å². The fourth-order valence-electron chi connectivity index (χ4n) is 1.17. The normalized spacial score (nSPS) is 13.8. The Kier molecular flexibility index (Phi) is 8.01. The average molecular weight is 255 g/mol. The zero-order chi connectivity index (χ0) is 14.0. The molecule has 2 N–H and O–H groups in total. The predicted molar refractivity (Wildman–Crippen MR) is 67.2 cm³/mol. The Labute approximate surface area is 104 Å². The van der Waals surface area contributed by atoms with Gasteiger partial charge in [0.15, 0.2) is 0 Å². The van der Waals surface area contributed by atoms with E-state index < -0.39 is 12.8 Å². The number of rotatable bonds is 7. The van der Waals surface area contributed by atoms with E-state index in [-0.39, 0.29) is 16.9 Å². The lowest BCUT2D eigenvalue weighted by molar-refractivity contribution is -0.104. The number of carbonyl (C=O) groups excluding carboxylic acids is 1. The van der Waals surface area contributed by atoms with Gasteiger partial charge in [0.2, 0.25) is 6.43 Å². The molecule has 5 heteroatoms. The van der Waals surface area contributed by atoms with E-state index in [2.05, 4.69) is 0 Å². The molecule has 0 amide bonds. The summed E-state index contributed by atoms with van der Waals surface area (Å²) in [6.07, 6.45) is 4.87. The zero-order valence-corrected chi connectivity index (χ0v) is 9.94. The molecule has 0 saturated heterocycles. The lowest BCUT2D eigenvalue weighted by atomic mass is 10.0. The highest BCUT2D eigenvalue weighted by Gasteiger charge is 2.11. The van der Waals surface area contributed by atoms with Gasteiger partial charge in [-0.2, -0.15) is 0 Å². The van der Waals surface area contributed by atoms with Crippen LogP contribution in [0.1, 0.15) is 13.3 Å². The summed E-state index contributed by atoms with van der Waals surface area (Å²) in [5.41, 5.74) is 0.311. The highest BCUT2D eigenvalue weighted by molar-refractivity contribution is 5.97. The molecule has 0 aromatic carbocycles. The summed E-state index contributed by atoms with van der Waals surface area (Å²) in [6.45, 7) is 1.45. The van der Waals surface area contributed by atoms with Gasteiger partial charge in [-0.1, -0.05) is 18.2 Å². The van der Waals surface area contributed by atoms with Crippen molar-refractivity contribution < 1.29 is 18.7 Å². The molecule has 0 fully saturated rings. The Bertz CT molecular complexity index is 407. The maximum Gasteiger partial charge on any atom is 0.242 e. The third-order valence-electron chi connectivity index (χ3n) is 1.85. The molecule has 0 heterocycles. The molecule has 0 saturated carbocycles. The van der Waals surface area contributed by atoms with E-state index in [4.69, 9.17) is 10.5 Å². The Balaban J connectivity index is 5.19. The molecule has 0 rings (SSSR count). The van der Waals surface area contributed by atoms with Crippen LogP contribution in [0.4, 0.5) is 8.78 Å². The van der Waals surface area contributed by atoms with E-state index in [0.29, 0.717) is 6.29 Å². The van der Waals surface area contributed by atoms with Gasteiger partial charge in [0.05, 0.1) is 6.26 Å². The smallest absolute Gasteiger partial charge is 0.242 e. The number of aldehydes is 1. The number of allylic oxidation sites excluding steroid dienone is 7. The number of hydrogen-bond donors (Lipinski definition) is 2. The first kappa shape index (κ1) is 16.0. The van der Waals surface area contributed by atoms with Crippen LogP contribution >= 0.6 is 0 Å². The summed E-state index contributed by atoms with van der Waals surface area (Å²) in [5, 5.41) is 15.6. The van der Waals surface area contributed by atoms with E-state index in [1.807, 2.05) is 0 Å². The van der Waals surface area contributed by atoms with Crippen molar-refractivity contribution in [3.63, 3.8) is 0 Å². The second-order valence-corrected chi connectivity index (χ2v) is 3.41. The molecular formula is C13H15F2NO2. The van der Waals surface area contributed by atoms with Crippen molar-refractivity contribution in [2.24, 2.45) is 0 Å². The minimum Gasteiger partial charge on any atom is -0.516 e. The van der Waals surface area contributed by atoms with Crippen molar-refractivity contribution in [1.29, 1.82) is 5.41 Å². The quantitative estimate of drug-likeness (QED) is 0.241. The van der Waals surface area contributed by atoms with Crippen LogP contribution in [0, 0.1) is 5.41 Å². The summed E-state index contributed by atoms with van der Waals surface area (Å²) in [6, 6.07) is 0. The van der Waals surface area contributed by atoms with Gasteiger partial charge in [0.1, 0.15) is 6.29 Å². The molecule has 0 bridgehead atoms. The fraction of sp³-hybridized carbons (Fsp3) is 0.231. The van der Waals surface area contributed by atoms with Crippen molar-refractivity contribution in [3.8, 4) is 0 Å². The molecule has 0 spiro atoms. The van der Waals surface area contributed by atoms with Crippen LogP contribution in [-0.4, -0.2) is 23.5 Å². The van der Waals surface area contributed by atoms with Crippen molar-refractivity contribution in [3.05, 3.63) is 47.8 Å². The molecule has 98 valence electrons. The van der Waals surface area contributed by atoms with Crippen molar-refractivity contribution in [2.75, 3.05) is 0 Å². The number of alkyl halides is 2. The molecule has 0 atom stereocenters. The standard InChI is InChI=1S/C13H15F2NO2/c1-10(16)7-12(9-18)11(8-13(14)15)5-3-2-4-6-17/h2-7,9,13,16-17H,8H2,1H3/b3-2-,6-4+,11-5+,12-7-,16-10?. The van der Waals surface area contributed by atoms with E-state index in [9.17, 15) is 13.6 Å². The monoisotopic (exact) mass is 255 g/mol. The highest BCUT2D eigenvalue weighted by Crippen LogP contribution is 2.17. The van der Waals surface area contributed by atoms with Crippen molar-refractivity contribution in [1.82, 2.24) is 0 Å². The number of halogens is 2. The third kappa shape index (κ3) is 7.27. The highest BCUT2D eigenvalue weighted by atomic mass is 19.3. The SMILES string of the molecule is CC(=N)\C=C(C=O)/C(=C/C=C\C=C\O)CC(F)F. The van der Waals surface area contributed by atoms with Gasteiger partial charge in [-0.25, -0.2) is 8.78 Å². The largest absolute Gasteiger partial charge is 0.516 e. The molecule has 0 aliphatic carbocycles. The van der Waals surface area contributed by atoms with Gasteiger partial charge in [0.25, 0.3) is 0 Å². The number of nitrogens with one attached hydrogen (secondary N) is 1. The average Bonchev–Trinajstić information content (AvgIpc) is 2.29. The van der Waals surface area contributed by atoms with Crippen molar-refractivity contribution in [2.45, 2.75) is 19.8 Å². The van der Waals surface area contributed by atoms with Crippen molar-refractivity contribution >= 4 is 12.0 Å². The first-order chi connectivity index (χ1) is 8.51. The summed E-state index contributed by atoms with van der Waals surface area (Å²) in [5.74, 6) is 0. The minimum absolute atomic E-state index is 0.0560. The third-order valence-corrected chi connectivity index (χ3v) is 1.85. The van der Waals surface area contributed by atoms with Crippen LogP contribution < -0.4 is 0 Å². The van der Waals surface area contributed by atoms with Crippen LogP contribution in [-0.2, 0) is 4.79 Å². The molecule has 0 radical (unpaired) electrons. The molecule has 3 nitrogen and oxygen atoms in total. The van der Waals surface area contributed by atoms with Crippen LogP contribution in [0.5, 0.6) is 0 Å². The lowest BCUT2D eigenvalue weighted by Gasteiger charge is -2.05. The number of aliphatic hydroxyl groups is 1. The second-order valence-electron chi connectivity index (χ2n) is 3.41. The summed E-state index contributed by atoms with van der Waals surface area (Å²) >= 11 is 0. The second kappa shape index (κ2) is 9.04. The van der Waals surface area contributed by atoms with Gasteiger partial charge in [-0.3, -0.25) is 4.79 Å². The summed E-state index contributed by atoms with van der Waals surface area (Å²) < 4.78 is 24.8. The molecule has 0 aliphatic rings. The number of aliphatic hydroxyl groups excluding tert-OH is 1. The van der Waals surface area contributed by atoms with Gasteiger partial charge < -0.3 is 10.5 Å². The van der Waals surface area contributed by atoms with Crippen LogP contribution in [0.2, 0.25) is 0 Å². The lowest BCUT2D eigenvalue weighted by Crippen LogP contribution is -2.00. The van der Waals surface area contributed by atoms with Gasteiger partial charge in [-0.15, -0.1) is 0 Å². The maximum atomic E-state index is 12.4. The Morgan fingerprint density at radius 2 is 2.00 bits per heavy atom. The van der Waals surface area contributed by atoms with Crippen LogP contribution in [0.3, 0.4) is 0 Å². The minimum atomic E-state index is -2.58. The van der Waals surface area contributed by atoms with E-state index in [1.54, 1.807) is 0 Å². The first-order valence-electron chi connectivity index (χ1n) is 5.18.